The minimum absolute atomic E-state index is 0.0248. The molecule has 9 heteroatoms. The van der Waals surface area contributed by atoms with E-state index in [-0.39, 0.29) is 30.0 Å². The molecule has 0 spiro atoms. The minimum Gasteiger partial charge on any atom is -0.449 e. The summed E-state index contributed by atoms with van der Waals surface area (Å²) in [6, 6.07) is 0.0331. The van der Waals surface area contributed by atoms with Crippen molar-refractivity contribution in [2.75, 3.05) is 11.9 Å². The predicted octanol–water partition coefficient (Wildman–Crippen LogP) is 3.45. The zero-order valence-electron chi connectivity index (χ0n) is 13.9. The smallest absolute Gasteiger partial charge is 0.434 e. The number of alkyl halides is 3. The van der Waals surface area contributed by atoms with Gasteiger partial charge in [0.25, 0.3) is 0 Å². The van der Waals surface area contributed by atoms with E-state index >= 15 is 0 Å². The van der Waals surface area contributed by atoms with Crippen molar-refractivity contribution in [3.05, 3.63) is 18.1 Å². The Labute approximate surface area is 143 Å². The normalized spacial score (nSPS) is 25.3. The molecule has 1 aromatic rings. The van der Waals surface area contributed by atoms with Gasteiger partial charge in [0, 0.05) is 6.04 Å². The van der Waals surface area contributed by atoms with E-state index in [2.05, 4.69) is 15.3 Å². The van der Waals surface area contributed by atoms with Crippen molar-refractivity contribution in [1.82, 2.24) is 14.9 Å². The molecule has 2 saturated heterocycles. The SMILES string of the molecule is CCCCOC(=O)N1C2CCC1C(Nc1cnc(C(F)(F)F)cn1)C2. The number of amides is 1. The van der Waals surface area contributed by atoms with Gasteiger partial charge in [0.05, 0.1) is 31.1 Å². The summed E-state index contributed by atoms with van der Waals surface area (Å²) in [5.41, 5.74) is -1.02. The van der Waals surface area contributed by atoms with Gasteiger partial charge in [-0.2, -0.15) is 13.2 Å². The molecule has 2 bridgehead atoms. The van der Waals surface area contributed by atoms with E-state index in [1.165, 1.54) is 0 Å². The van der Waals surface area contributed by atoms with Gasteiger partial charge in [-0.25, -0.2) is 14.8 Å². The molecule has 138 valence electrons. The molecule has 2 fully saturated rings. The number of nitrogens with one attached hydrogen (secondary N) is 1. The summed E-state index contributed by atoms with van der Waals surface area (Å²) in [6.45, 7) is 2.44. The Morgan fingerprint density at radius 1 is 1.36 bits per heavy atom. The van der Waals surface area contributed by atoms with Crippen molar-refractivity contribution in [1.29, 1.82) is 0 Å². The van der Waals surface area contributed by atoms with Crippen LogP contribution in [0.25, 0.3) is 0 Å². The van der Waals surface area contributed by atoms with Crippen molar-refractivity contribution < 1.29 is 22.7 Å². The van der Waals surface area contributed by atoms with Gasteiger partial charge in [-0.05, 0) is 25.7 Å². The fourth-order valence-corrected chi connectivity index (χ4v) is 3.55. The van der Waals surface area contributed by atoms with E-state index in [1.54, 1.807) is 4.90 Å². The second-order valence-corrected chi connectivity index (χ2v) is 6.44. The molecule has 0 saturated carbocycles. The Morgan fingerprint density at radius 2 is 2.16 bits per heavy atom. The van der Waals surface area contributed by atoms with Gasteiger partial charge >= 0.3 is 12.3 Å². The maximum atomic E-state index is 12.5. The van der Waals surface area contributed by atoms with Crippen LogP contribution in [0.5, 0.6) is 0 Å². The van der Waals surface area contributed by atoms with Crippen LogP contribution < -0.4 is 5.32 Å². The first-order chi connectivity index (χ1) is 11.9. The lowest BCUT2D eigenvalue weighted by atomic mass is 9.95. The maximum absolute atomic E-state index is 12.5. The number of anilines is 1. The van der Waals surface area contributed by atoms with Crippen LogP contribution in [0.15, 0.2) is 12.4 Å². The molecule has 1 aromatic heterocycles. The van der Waals surface area contributed by atoms with Crippen LogP contribution in [0, 0.1) is 0 Å². The molecule has 2 aliphatic heterocycles. The summed E-state index contributed by atoms with van der Waals surface area (Å²) in [5.74, 6) is 0.282. The topological polar surface area (TPSA) is 67.3 Å². The minimum atomic E-state index is -4.50. The summed E-state index contributed by atoms with van der Waals surface area (Å²) >= 11 is 0. The van der Waals surface area contributed by atoms with Crippen molar-refractivity contribution in [2.45, 2.75) is 63.3 Å². The Bertz CT molecular complexity index is 608. The molecule has 3 heterocycles. The first-order valence-electron chi connectivity index (χ1n) is 8.51. The van der Waals surface area contributed by atoms with Crippen LogP contribution in [-0.4, -0.2) is 45.7 Å². The number of carbonyl (C=O) groups excluding carboxylic acids is 1. The molecule has 1 N–H and O–H groups in total. The van der Waals surface area contributed by atoms with Crippen LogP contribution in [0.2, 0.25) is 0 Å². The number of unbranched alkanes of at least 4 members (excludes halogenated alkanes) is 1. The van der Waals surface area contributed by atoms with E-state index in [0.29, 0.717) is 12.8 Å². The second-order valence-electron chi connectivity index (χ2n) is 6.44. The first-order valence-corrected chi connectivity index (χ1v) is 8.51. The molecule has 3 atom stereocenters. The summed E-state index contributed by atoms with van der Waals surface area (Å²) in [7, 11) is 0. The molecule has 25 heavy (non-hydrogen) atoms. The lowest BCUT2D eigenvalue weighted by molar-refractivity contribution is -0.141. The average molecular weight is 358 g/mol. The molecule has 6 nitrogen and oxygen atoms in total. The van der Waals surface area contributed by atoms with Gasteiger partial charge in [0.1, 0.15) is 5.82 Å². The van der Waals surface area contributed by atoms with Crippen LogP contribution in [0.3, 0.4) is 0 Å². The molecular formula is C16H21F3N4O2. The van der Waals surface area contributed by atoms with Gasteiger partial charge in [-0.3, -0.25) is 0 Å². The highest BCUT2D eigenvalue weighted by Crippen LogP contribution is 2.39. The Morgan fingerprint density at radius 3 is 2.80 bits per heavy atom. The number of rotatable bonds is 5. The molecule has 3 rings (SSSR count). The number of carbonyl (C=O) groups is 1. The molecule has 0 aromatic carbocycles. The average Bonchev–Trinajstić information content (AvgIpc) is 3.12. The van der Waals surface area contributed by atoms with Crippen LogP contribution in [0.1, 0.15) is 44.7 Å². The van der Waals surface area contributed by atoms with Gasteiger partial charge < -0.3 is 15.0 Å². The van der Waals surface area contributed by atoms with Crippen LogP contribution in [0.4, 0.5) is 23.8 Å². The molecule has 1 amide bonds. The third-order valence-corrected chi connectivity index (χ3v) is 4.75. The summed E-state index contributed by atoms with van der Waals surface area (Å²) in [4.78, 5) is 21.2. The van der Waals surface area contributed by atoms with Crippen molar-refractivity contribution in [2.24, 2.45) is 0 Å². The number of halogens is 3. The van der Waals surface area contributed by atoms with E-state index in [9.17, 15) is 18.0 Å². The van der Waals surface area contributed by atoms with E-state index in [4.69, 9.17) is 4.74 Å². The lowest BCUT2D eigenvalue weighted by Gasteiger charge is -2.24. The Hall–Kier alpha value is -2.06. The van der Waals surface area contributed by atoms with E-state index in [1.807, 2.05) is 6.92 Å². The second kappa shape index (κ2) is 7.05. The fraction of sp³-hybridized carbons (Fsp3) is 0.688. The summed E-state index contributed by atoms with van der Waals surface area (Å²) < 4.78 is 42.9. The number of nitrogens with zero attached hydrogens (tertiary/aromatic N) is 3. The van der Waals surface area contributed by atoms with Gasteiger partial charge in [0.2, 0.25) is 0 Å². The third-order valence-electron chi connectivity index (χ3n) is 4.75. The highest BCUT2D eigenvalue weighted by atomic mass is 19.4. The van der Waals surface area contributed by atoms with Gasteiger partial charge in [-0.1, -0.05) is 13.3 Å². The highest BCUT2D eigenvalue weighted by Gasteiger charge is 2.49. The Balaban J connectivity index is 1.60. The maximum Gasteiger partial charge on any atom is 0.434 e. The zero-order valence-corrected chi connectivity index (χ0v) is 13.9. The van der Waals surface area contributed by atoms with Gasteiger partial charge in [-0.15, -0.1) is 0 Å². The molecule has 0 radical (unpaired) electrons. The fourth-order valence-electron chi connectivity index (χ4n) is 3.55. The standard InChI is InChI=1S/C16H21F3N4O2/c1-2-3-6-25-15(24)23-10-4-5-12(23)11(7-10)22-14-9-20-13(8-21-14)16(17,18)19/h8-12H,2-7H2,1H3,(H,21,22). The molecule has 0 aliphatic carbocycles. The Kier molecular flexibility index (Phi) is 5.01. The van der Waals surface area contributed by atoms with Crippen molar-refractivity contribution in [3.8, 4) is 0 Å². The quantitative estimate of drug-likeness (QED) is 0.817. The van der Waals surface area contributed by atoms with E-state index < -0.39 is 11.9 Å². The number of fused-ring (bicyclic) bond motifs is 2. The molecule has 3 unspecified atom stereocenters. The third kappa shape index (κ3) is 3.80. The zero-order chi connectivity index (χ0) is 18.0. The number of hydrogen-bond acceptors (Lipinski definition) is 5. The lowest BCUT2D eigenvalue weighted by Crippen LogP contribution is -2.40. The first kappa shape index (κ1) is 17.8. The van der Waals surface area contributed by atoms with Crippen molar-refractivity contribution in [3.63, 3.8) is 0 Å². The largest absolute Gasteiger partial charge is 0.449 e. The monoisotopic (exact) mass is 358 g/mol. The number of hydrogen-bond donors (Lipinski definition) is 1. The van der Waals surface area contributed by atoms with Crippen LogP contribution >= 0.6 is 0 Å². The summed E-state index contributed by atoms with van der Waals surface area (Å²) in [5, 5.41) is 3.11. The predicted molar refractivity (Wildman–Crippen MR) is 84.0 cm³/mol. The highest BCUT2D eigenvalue weighted by molar-refractivity contribution is 5.70. The summed E-state index contributed by atoms with van der Waals surface area (Å²) in [6.07, 6.45) is 1.28. The number of aromatic nitrogens is 2. The van der Waals surface area contributed by atoms with Crippen LogP contribution in [-0.2, 0) is 10.9 Å². The molecule has 2 aliphatic rings. The number of ether oxygens (including phenoxy) is 1. The molecular weight excluding hydrogens is 337 g/mol. The van der Waals surface area contributed by atoms with Gasteiger partial charge in [0.15, 0.2) is 5.69 Å². The van der Waals surface area contributed by atoms with Crippen molar-refractivity contribution >= 4 is 11.9 Å². The van der Waals surface area contributed by atoms with E-state index in [0.717, 1.165) is 38.3 Å².